The topological polar surface area (TPSA) is 74.3 Å². The Hall–Kier alpha value is -2.12. The van der Waals surface area contributed by atoms with Crippen molar-refractivity contribution < 1.29 is 8.42 Å². The van der Waals surface area contributed by atoms with Gasteiger partial charge < -0.3 is 10.2 Å². The highest BCUT2D eigenvalue weighted by Gasteiger charge is 2.20. The maximum absolute atomic E-state index is 13.0. The van der Waals surface area contributed by atoms with E-state index in [1.807, 2.05) is 24.3 Å². The van der Waals surface area contributed by atoms with E-state index >= 15 is 0 Å². The molecule has 0 spiro atoms. The lowest BCUT2D eigenvalue weighted by Crippen LogP contribution is -2.28. The minimum atomic E-state index is -3.69. The molecule has 2 heterocycles. The maximum Gasteiger partial charge on any atom is 0.263 e. The second kappa shape index (κ2) is 10.0. The normalized spacial score (nSPS) is 18.4. The number of pyridine rings is 1. The molecule has 1 saturated carbocycles. The van der Waals surface area contributed by atoms with Gasteiger partial charge in [0.1, 0.15) is 10.7 Å². The molecule has 0 amide bonds. The largest absolute Gasteiger partial charge is 0.357 e. The molecule has 1 aliphatic carbocycles. The van der Waals surface area contributed by atoms with E-state index in [2.05, 4.69) is 26.8 Å². The maximum atomic E-state index is 13.0. The van der Waals surface area contributed by atoms with Crippen molar-refractivity contribution in [3.8, 4) is 0 Å². The molecule has 0 bridgehead atoms. The van der Waals surface area contributed by atoms with E-state index in [0.717, 1.165) is 43.2 Å². The summed E-state index contributed by atoms with van der Waals surface area (Å²) in [6.45, 7) is 4.82. The van der Waals surface area contributed by atoms with Gasteiger partial charge in [-0.05, 0) is 55.9 Å². The molecule has 6 nitrogen and oxygen atoms in total. The molecule has 2 aromatic rings. The van der Waals surface area contributed by atoms with Gasteiger partial charge in [-0.25, -0.2) is 13.4 Å². The van der Waals surface area contributed by atoms with Crippen molar-refractivity contribution in [1.82, 2.24) is 10.3 Å². The first kappa shape index (κ1) is 22.1. The van der Waals surface area contributed by atoms with Crippen LogP contribution >= 0.6 is 0 Å². The fourth-order valence-electron chi connectivity index (χ4n) is 4.76. The van der Waals surface area contributed by atoms with Crippen molar-refractivity contribution in [1.29, 1.82) is 0 Å². The van der Waals surface area contributed by atoms with Crippen LogP contribution in [0.2, 0.25) is 0 Å². The Morgan fingerprint density at radius 3 is 2.52 bits per heavy atom. The van der Waals surface area contributed by atoms with Crippen LogP contribution < -0.4 is 14.9 Å². The minimum Gasteiger partial charge on any atom is -0.357 e. The summed E-state index contributed by atoms with van der Waals surface area (Å²) in [6, 6.07) is 11.5. The molecule has 2 fully saturated rings. The zero-order chi connectivity index (χ0) is 21.7. The number of nitrogens with one attached hydrogen (secondary N) is 2. The third kappa shape index (κ3) is 5.77. The Morgan fingerprint density at radius 2 is 1.81 bits per heavy atom. The molecular formula is C24H34N4O2S. The van der Waals surface area contributed by atoms with Crippen LogP contribution in [0.5, 0.6) is 0 Å². The molecular weight excluding hydrogens is 408 g/mol. The number of para-hydroxylation sites is 1. The smallest absolute Gasteiger partial charge is 0.263 e. The van der Waals surface area contributed by atoms with Crippen LogP contribution in [0.1, 0.15) is 57.4 Å². The van der Waals surface area contributed by atoms with Crippen LogP contribution in [0, 0.1) is 5.92 Å². The number of benzene rings is 1. The fraction of sp³-hybridized carbons (Fsp3) is 0.542. The van der Waals surface area contributed by atoms with Gasteiger partial charge in [0.15, 0.2) is 0 Å². The average molecular weight is 443 g/mol. The second-order valence-electron chi connectivity index (χ2n) is 8.98. The number of rotatable bonds is 9. The Labute approximate surface area is 186 Å². The zero-order valence-corrected chi connectivity index (χ0v) is 19.2. The van der Waals surface area contributed by atoms with Crippen molar-refractivity contribution in [2.45, 2.75) is 69.4 Å². The van der Waals surface area contributed by atoms with E-state index in [1.165, 1.54) is 38.3 Å². The van der Waals surface area contributed by atoms with E-state index in [9.17, 15) is 8.42 Å². The number of nitrogens with zero attached hydrogens (tertiary/aromatic N) is 2. The van der Waals surface area contributed by atoms with Gasteiger partial charge in [0.05, 0.1) is 5.69 Å². The third-order valence-electron chi connectivity index (χ3n) is 6.53. The number of anilines is 2. The van der Waals surface area contributed by atoms with Crippen LogP contribution in [-0.2, 0) is 16.6 Å². The summed E-state index contributed by atoms with van der Waals surface area (Å²) in [6.07, 6.45) is 10.4. The van der Waals surface area contributed by atoms with Crippen LogP contribution in [0.25, 0.3) is 0 Å². The predicted molar refractivity (Wildman–Crippen MR) is 126 cm³/mol. The van der Waals surface area contributed by atoms with Crippen LogP contribution in [-0.4, -0.2) is 32.5 Å². The molecule has 31 heavy (non-hydrogen) atoms. The van der Waals surface area contributed by atoms with E-state index < -0.39 is 10.0 Å². The number of hydrogen-bond donors (Lipinski definition) is 2. The average Bonchev–Trinajstić information content (AvgIpc) is 3.47. The molecule has 4 rings (SSSR count). The molecule has 168 valence electrons. The molecule has 1 aromatic heterocycles. The van der Waals surface area contributed by atoms with Gasteiger partial charge in [-0.15, -0.1) is 0 Å². The second-order valence-corrected chi connectivity index (χ2v) is 10.7. The fourth-order valence-corrected chi connectivity index (χ4v) is 5.80. The van der Waals surface area contributed by atoms with Crippen molar-refractivity contribution in [2.75, 3.05) is 22.7 Å². The summed E-state index contributed by atoms with van der Waals surface area (Å²) in [5.41, 5.74) is 1.57. The van der Waals surface area contributed by atoms with E-state index in [1.54, 1.807) is 12.1 Å². The highest BCUT2D eigenvalue weighted by Crippen LogP contribution is 2.29. The standard InChI is InChI=1S/C24H34N4O2S/c1-19(16-20-8-2-3-9-20)25-17-21-10-4-5-11-23(21)27-31(29,30)22-12-13-24(26-18-22)28-14-6-7-15-28/h4-5,10-13,18-20,25,27H,2-3,6-9,14-17H2,1H3/t19-/m0/s1. The summed E-state index contributed by atoms with van der Waals surface area (Å²) in [4.78, 5) is 6.77. The zero-order valence-electron chi connectivity index (χ0n) is 18.4. The Balaban J connectivity index is 1.39. The molecule has 0 unspecified atom stereocenters. The summed E-state index contributed by atoms with van der Waals surface area (Å²) < 4.78 is 28.7. The van der Waals surface area contributed by atoms with Gasteiger partial charge in [-0.1, -0.05) is 43.9 Å². The first-order chi connectivity index (χ1) is 15.0. The summed E-state index contributed by atoms with van der Waals surface area (Å²) in [5.74, 6) is 1.67. The Kier molecular flexibility index (Phi) is 7.13. The molecule has 0 radical (unpaired) electrons. The van der Waals surface area contributed by atoms with Crippen LogP contribution in [0.4, 0.5) is 11.5 Å². The number of hydrogen-bond acceptors (Lipinski definition) is 5. The van der Waals surface area contributed by atoms with Gasteiger partial charge in [-0.3, -0.25) is 4.72 Å². The van der Waals surface area contributed by atoms with E-state index in [-0.39, 0.29) is 4.90 Å². The van der Waals surface area contributed by atoms with Crippen molar-refractivity contribution in [3.63, 3.8) is 0 Å². The summed E-state index contributed by atoms with van der Waals surface area (Å²) in [7, 11) is -3.69. The highest BCUT2D eigenvalue weighted by molar-refractivity contribution is 7.92. The van der Waals surface area contributed by atoms with Gasteiger partial charge in [0.25, 0.3) is 10.0 Å². The summed E-state index contributed by atoms with van der Waals surface area (Å²) in [5, 5.41) is 3.58. The first-order valence-corrected chi connectivity index (χ1v) is 13.0. The molecule has 2 aliphatic rings. The lowest BCUT2D eigenvalue weighted by Gasteiger charge is -2.19. The highest BCUT2D eigenvalue weighted by atomic mass is 32.2. The van der Waals surface area contributed by atoms with Crippen molar-refractivity contribution >= 4 is 21.5 Å². The minimum absolute atomic E-state index is 0.188. The number of sulfonamides is 1. The lowest BCUT2D eigenvalue weighted by molar-refractivity contribution is 0.404. The number of aromatic nitrogens is 1. The lowest BCUT2D eigenvalue weighted by atomic mass is 9.99. The SMILES string of the molecule is C[C@@H](CC1CCCC1)NCc1ccccc1NS(=O)(=O)c1ccc(N2CCCC2)nc1. The molecule has 7 heteroatoms. The molecule has 1 saturated heterocycles. The van der Waals surface area contributed by atoms with Crippen molar-refractivity contribution in [3.05, 3.63) is 48.2 Å². The Morgan fingerprint density at radius 1 is 1.06 bits per heavy atom. The molecule has 1 aromatic carbocycles. The molecule has 1 aliphatic heterocycles. The van der Waals surface area contributed by atoms with Gasteiger partial charge in [-0.2, -0.15) is 0 Å². The monoisotopic (exact) mass is 442 g/mol. The van der Waals surface area contributed by atoms with Gasteiger partial charge in [0.2, 0.25) is 0 Å². The predicted octanol–water partition coefficient (Wildman–Crippen LogP) is 4.54. The molecule has 1 atom stereocenters. The van der Waals surface area contributed by atoms with Gasteiger partial charge in [0, 0.05) is 31.9 Å². The summed E-state index contributed by atoms with van der Waals surface area (Å²) >= 11 is 0. The van der Waals surface area contributed by atoms with Crippen LogP contribution in [0.15, 0.2) is 47.5 Å². The third-order valence-corrected chi connectivity index (χ3v) is 7.88. The van der Waals surface area contributed by atoms with Gasteiger partial charge >= 0.3 is 0 Å². The van der Waals surface area contributed by atoms with Crippen LogP contribution in [0.3, 0.4) is 0 Å². The van der Waals surface area contributed by atoms with E-state index in [4.69, 9.17) is 0 Å². The first-order valence-electron chi connectivity index (χ1n) is 11.6. The van der Waals surface area contributed by atoms with E-state index in [0.29, 0.717) is 18.3 Å². The molecule has 2 N–H and O–H groups in total. The Bertz CT molecular complexity index is 950. The quantitative estimate of drug-likeness (QED) is 0.596. The van der Waals surface area contributed by atoms with Crippen molar-refractivity contribution in [2.24, 2.45) is 5.92 Å².